The van der Waals surface area contributed by atoms with Crippen LogP contribution in [0.1, 0.15) is 4.88 Å². The monoisotopic (exact) mass is 219 g/mol. The first-order valence-electron chi connectivity index (χ1n) is 4.40. The number of rotatable bonds is 2. The predicted molar refractivity (Wildman–Crippen MR) is 60.1 cm³/mol. The van der Waals surface area contributed by atoms with Gasteiger partial charge in [0, 0.05) is 5.56 Å². The second kappa shape index (κ2) is 4.18. The van der Waals surface area contributed by atoms with Crippen molar-refractivity contribution in [1.29, 1.82) is 0 Å². The average Bonchev–Trinajstić information content (AvgIpc) is 2.66. The molecular formula is C10H9N3OS. The van der Waals surface area contributed by atoms with E-state index in [1.165, 1.54) is 24.8 Å². The van der Waals surface area contributed by atoms with Crippen molar-refractivity contribution in [2.45, 2.75) is 0 Å². The Morgan fingerprint density at radius 2 is 2.07 bits per heavy atom. The molecule has 0 aliphatic heterocycles. The van der Waals surface area contributed by atoms with Gasteiger partial charge in [-0.05, 0) is 11.5 Å². The van der Waals surface area contributed by atoms with Crippen LogP contribution in [0.4, 0.5) is 0 Å². The minimum absolute atomic E-state index is 0.752. The predicted octanol–water partition coefficient (Wildman–Crippen LogP) is 1.76. The van der Waals surface area contributed by atoms with Crippen LogP contribution in [0, 0.1) is 5.21 Å². The van der Waals surface area contributed by atoms with E-state index in [0.717, 1.165) is 20.9 Å². The van der Waals surface area contributed by atoms with Gasteiger partial charge >= 0.3 is 0 Å². The molecule has 0 fully saturated rings. The molecule has 0 saturated heterocycles. The molecule has 4 nitrogen and oxygen atoms in total. The normalized spacial score (nSPS) is 11.7. The van der Waals surface area contributed by atoms with E-state index >= 15 is 0 Å². The second-order valence-electron chi connectivity index (χ2n) is 3.03. The molecule has 0 radical (unpaired) electrons. The largest absolute Gasteiger partial charge is 0.624 e. The summed E-state index contributed by atoms with van der Waals surface area (Å²) in [6.45, 7) is 0. The summed E-state index contributed by atoms with van der Waals surface area (Å²) in [5, 5.41) is 14.9. The van der Waals surface area contributed by atoms with Crippen LogP contribution in [0.15, 0.2) is 30.3 Å². The summed E-state index contributed by atoms with van der Waals surface area (Å²) in [5.74, 6) is 0. The Bertz CT molecular complexity index is 474. The quantitative estimate of drug-likeness (QED) is 0.335. The van der Waals surface area contributed by atoms with E-state index in [4.69, 9.17) is 0 Å². The molecule has 2 aromatic rings. The van der Waals surface area contributed by atoms with Crippen molar-refractivity contribution in [2.75, 3.05) is 7.05 Å². The lowest BCUT2D eigenvalue weighted by Crippen LogP contribution is -1.97. The number of hydrogen-bond donors (Lipinski definition) is 0. The molecule has 0 aliphatic rings. The smallest absolute Gasteiger partial charge is 0.195 e. The van der Waals surface area contributed by atoms with Crippen LogP contribution < -0.4 is 0 Å². The topological polar surface area (TPSA) is 51.9 Å². The minimum Gasteiger partial charge on any atom is -0.624 e. The highest BCUT2D eigenvalue weighted by Gasteiger charge is 2.09. The van der Waals surface area contributed by atoms with Gasteiger partial charge in [-0.15, -0.1) is 5.10 Å². The Kier molecular flexibility index (Phi) is 2.73. The molecule has 0 aliphatic carbocycles. The first-order valence-corrected chi connectivity index (χ1v) is 5.17. The van der Waals surface area contributed by atoms with E-state index in [1.54, 1.807) is 0 Å². The third-order valence-electron chi connectivity index (χ3n) is 1.86. The summed E-state index contributed by atoms with van der Waals surface area (Å²) in [7, 11) is 1.44. The molecule has 15 heavy (non-hydrogen) atoms. The Balaban J connectivity index is 2.46. The van der Waals surface area contributed by atoms with Crippen LogP contribution in [0.5, 0.6) is 0 Å². The molecule has 1 heterocycles. The average molecular weight is 219 g/mol. The second-order valence-corrected chi connectivity index (χ2v) is 3.81. The molecular weight excluding hydrogens is 210 g/mol. The van der Waals surface area contributed by atoms with Crippen LogP contribution in [0.3, 0.4) is 0 Å². The third-order valence-corrected chi connectivity index (χ3v) is 2.52. The minimum atomic E-state index is 0.752. The van der Waals surface area contributed by atoms with Crippen LogP contribution in [0.25, 0.3) is 11.3 Å². The molecule has 0 unspecified atom stereocenters. The van der Waals surface area contributed by atoms with Crippen molar-refractivity contribution in [3.8, 4) is 11.3 Å². The van der Waals surface area contributed by atoms with E-state index in [9.17, 15) is 5.21 Å². The Labute approximate surface area is 91.3 Å². The number of hydrogen-bond acceptors (Lipinski definition) is 4. The Morgan fingerprint density at radius 3 is 2.73 bits per heavy atom. The lowest BCUT2D eigenvalue weighted by molar-refractivity contribution is -0.416. The van der Waals surface area contributed by atoms with Gasteiger partial charge in [-0.3, -0.25) is 0 Å². The zero-order chi connectivity index (χ0) is 10.7. The van der Waals surface area contributed by atoms with Crippen LogP contribution in [-0.2, 0) is 0 Å². The van der Waals surface area contributed by atoms with E-state index in [2.05, 4.69) is 9.59 Å². The van der Waals surface area contributed by atoms with E-state index in [-0.39, 0.29) is 0 Å². The van der Waals surface area contributed by atoms with E-state index < -0.39 is 0 Å². The fraction of sp³-hybridized carbons (Fsp3) is 0.100. The number of aromatic nitrogens is 2. The molecule has 76 valence electrons. The van der Waals surface area contributed by atoms with Gasteiger partial charge in [0.2, 0.25) is 0 Å². The van der Waals surface area contributed by atoms with Crippen molar-refractivity contribution in [3.63, 3.8) is 0 Å². The van der Waals surface area contributed by atoms with Crippen LogP contribution >= 0.6 is 11.5 Å². The maximum Gasteiger partial charge on any atom is 0.195 e. The molecule has 1 aromatic heterocycles. The fourth-order valence-electron chi connectivity index (χ4n) is 1.24. The zero-order valence-electron chi connectivity index (χ0n) is 8.12. The Hall–Kier alpha value is -1.75. The maximum atomic E-state index is 10.9. The fourth-order valence-corrected chi connectivity index (χ4v) is 1.89. The zero-order valence-corrected chi connectivity index (χ0v) is 8.94. The van der Waals surface area contributed by atoms with Crippen molar-refractivity contribution in [1.82, 2.24) is 9.59 Å². The van der Waals surface area contributed by atoms with Gasteiger partial charge in [0.15, 0.2) is 6.21 Å². The van der Waals surface area contributed by atoms with Gasteiger partial charge in [-0.25, -0.2) is 4.74 Å². The van der Waals surface area contributed by atoms with Gasteiger partial charge in [-0.1, -0.05) is 34.8 Å². The summed E-state index contributed by atoms with van der Waals surface area (Å²) >= 11 is 1.21. The van der Waals surface area contributed by atoms with Gasteiger partial charge in [-0.2, -0.15) is 0 Å². The summed E-state index contributed by atoms with van der Waals surface area (Å²) < 4.78 is 4.60. The van der Waals surface area contributed by atoms with Crippen molar-refractivity contribution in [3.05, 3.63) is 40.4 Å². The van der Waals surface area contributed by atoms with E-state index in [0.29, 0.717) is 0 Å². The SMILES string of the molecule is C/[N+]([O-])=C/c1snnc1-c1ccccc1. The van der Waals surface area contributed by atoms with Crippen LogP contribution in [-0.4, -0.2) is 27.6 Å². The highest BCUT2D eigenvalue weighted by atomic mass is 32.1. The van der Waals surface area contributed by atoms with Crippen molar-refractivity contribution >= 4 is 17.7 Å². The molecule has 5 heteroatoms. The molecule has 0 atom stereocenters. The van der Waals surface area contributed by atoms with Gasteiger partial charge in [0.25, 0.3) is 0 Å². The van der Waals surface area contributed by atoms with Gasteiger partial charge < -0.3 is 5.21 Å². The first-order chi connectivity index (χ1) is 7.27. The number of benzene rings is 1. The highest BCUT2D eigenvalue weighted by Crippen LogP contribution is 2.21. The molecule has 0 bridgehead atoms. The first kappa shape index (κ1) is 9.79. The lowest BCUT2D eigenvalue weighted by Gasteiger charge is -1.96. The van der Waals surface area contributed by atoms with E-state index in [1.807, 2.05) is 30.3 Å². The van der Waals surface area contributed by atoms with Crippen molar-refractivity contribution in [2.24, 2.45) is 0 Å². The standard InChI is InChI=1S/C10H9N3OS/c1-13(14)7-9-10(11-12-15-9)8-5-3-2-4-6-8/h2-7H,1H3/b13-7-. The molecule has 0 saturated carbocycles. The van der Waals surface area contributed by atoms with Gasteiger partial charge in [0.05, 0.1) is 0 Å². The highest BCUT2D eigenvalue weighted by molar-refractivity contribution is 7.07. The lowest BCUT2D eigenvalue weighted by atomic mass is 10.1. The summed E-state index contributed by atoms with van der Waals surface area (Å²) in [5.41, 5.74) is 1.72. The molecule has 0 amide bonds. The molecule has 0 spiro atoms. The summed E-state index contributed by atoms with van der Waals surface area (Å²) in [6.07, 6.45) is 1.48. The van der Waals surface area contributed by atoms with Gasteiger partial charge in [0.1, 0.15) is 17.6 Å². The number of nitrogens with zero attached hydrogens (tertiary/aromatic N) is 3. The molecule has 0 N–H and O–H groups in total. The van der Waals surface area contributed by atoms with Crippen molar-refractivity contribution < 1.29 is 4.74 Å². The van der Waals surface area contributed by atoms with Crippen LogP contribution in [0.2, 0.25) is 0 Å². The number of hydroxylamine groups is 1. The molecule has 2 rings (SSSR count). The molecule has 1 aromatic carbocycles. The Morgan fingerprint density at radius 1 is 1.33 bits per heavy atom. The summed E-state index contributed by atoms with van der Waals surface area (Å²) in [6, 6.07) is 9.68. The maximum absolute atomic E-state index is 10.9. The summed E-state index contributed by atoms with van der Waals surface area (Å²) in [4.78, 5) is 0.777. The third kappa shape index (κ3) is 2.19.